The van der Waals surface area contributed by atoms with Crippen LogP contribution in [-0.4, -0.2) is 95.3 Å². The molecule has 2 fully saturated rings. The van der Waals surface area contributed by atoms with Gasteiger partial charge in [-0.05, 0) is 44.2 Å². The van der Waals surface area contributed by atoms with Crippen LogP contribution in [0.15, 0.2) is 18.5 Å². The highest BCUT2D eigenvalue weighted by molar-refractivity contribution is 6.76. The van der Waals surface area contributed by atoms with Gasteiger partial charge in [-0.2, -0.15) is 0 Å². The fourth-order valence-electron chi connectivity index (χ4n) is 5.46. The van der Waals surface area contributed by atoms with E-state index in [1.807, 2.05) is 4.57 Å². The molecule has 1 saturated heterocycles. The average Bonchev–Trinajstić information content (AvgIpc) is 3.77. The highest BCUT2D eigenvalue weighted by Crippen LogP contribution is 2.40. The Bertz CT molecular complexity index is 1570. The number of nitrogens with one attached hydrogen (secondary N) is 1. The van der Waals surface area contributed by atoms with Crippen LogP contribution < -0.4 is 14.8 Å². The van der Waals surface area contributed by atoms with Crippen LogP contribution in [0.1, 0.15) is 35.3 Å². The number of aliphatic hydroxyl groups excluding tert-OH is 1. The third-order valence-electron chi connectivity index (χ3n) is 8.39. The molecule has 3 aromatic rings. The number of nitrogens with zero attached hydrogens (tertiary/aromatic N) is 4. The summed E-state index contributed by atoms with van der Waals surface area (Å²) in [5.74, 6) is -0.160. The zero-order valence-electron chi connectivity index (χ0n) is 26.4. The molecule has 0 radical (unpaired) electrons. The van der Waals surface area contributed by atoms with E-state index in [9.17, 15) is 19.8 Å². The molecule has 5 rings (SSSR count). The lowest BCUT2D eigenvalue weighted by Crippen LogP contribution is -2.55. The molecule has 1 aliphatic carbocycles. The SMILES string of the molecule is COc1cc(OCC2CC2)c(-c2ncnc3c(C(=O)N[C@@H]4CCN(C(=O)O)C[C@H]4O)c(C)n(COCC[Si](C)(C)C)c23)cc1F. The monoisotopic (exact) mass is 643 g/mol. The summed E-state index contributed by atoms with van der Waals surface area (Å²) in [4.78, 5) is 35.4. The normalized spacial score (nSPS) is 18.7. The molecule has 45 heavy (non-hydrogen) atoms. The van der Waals surface area contributed by atoms with E-state index in [0.717, 1.165) is 23.8 Å². The summed E-state index contributed by atoms with van der Waals surface area (Å²) in [5, 5.41) is 22.8. The van der Waals surface area contributed by atoms with Crippen molar-refractivity contribution in [2.45, 2.75) is 70.7 Å². The fourth-order valence-corrected chi connectivity index (χ4v) is 6.21. The Morgan fingerprint density at radius 2 is 1.91 bits per heavy atom. The number of methoxy groups -OCH3 is 1. The van der Waals surface area contributed by atoms with Crippen molar-refractivity contribution in [2.24, 2.45) is 5.92 Å². The standard InChI is InChI=1S/C31H42FN5O7Si/c1-18-26(30(39)35-22-8-9-36(31(40)41)14-23(22)38)28-29(37(18)17-43-10-11-45(3,4)5)27(33-16-34-28)20-12-21(32)25(42-2)13-24(20)44-15-19-6-7-19/h12-13,16,19,22-23,38H,6-11,14-15,17H2,1-5H3,(H,35,39)(H,40,41)/t22-,23-/m1/s1. The maximum absolute atomic E-state index is 15.2. The van der Waals surface area contributed by atoms with Gasteiger partial charge in [-0.3, -0.25) is 4.79 Å². The lowest BCUT2D eigenvalue weighted by molar-refractivity contribution is 0.0391. The van der Waals surface area contributed by atoms with Gasteiger partial charge in [0, 0.05) is 38.5 Å². The molecule has 2 aliphatic rings. The molecule has 1 saturated carbocycles. The molecule has 14 heteroatoms. The molecule has 0 unspecified atom stereocenters. The zero-order valence-corrected chi connectivity index (χ0v) is 27.4. The molecule has 3 heterocycles. The number of ether oxygens (including phenoxy) is 3. The number of aliphatic hydroxyl groups is 1. The van der Waals surface area contributed by atoms with E-state index < -0.39 is 38.0 Å². The first-order valence-corrected chi connectivity index (χ1v) is 19.0. The van der Waals surface area contributed by atoms with Gasteiger partial charge in [0.1, 0.15) is 30.0 Å². The first kappa shape index (κ1) is 32.6. The van der Waals surface area contributed by atoms with E-state index in [2.05, 4.69) is 34.9 Å². The van der Waals surface area contributed by atoms with Crippen LogP contribution in [0.3, 0.4) is 0 Å². The largest absolute Gasteiger partial charge is 0.494 e. The quantitative estimate of drug-likeness (QED) is 0.192. The summed E-state index contributed by atoms with van der Waals surface area (Å²) < 4.78 is 34.6. The van der Waals surface area contributed by atoms with E-state index in [1.54, 1.807) is 6.92 Å². The van der Waals surface area contributed by atoms with Crippen LogP contribution in [0, 0.1) is 18.7 Å². The number of rotatable bonds is 12. The molecule has 12 nitrogen and oxygen atoms in total. The number of benzene rings is 1. The average molecular weight is 644 g/mol. The Labute approximate surface area is 262 Å². The van der Waals surface area contributed by atoms with Crippen LogP contribution >= 0.6 is 0 Å². The van der Waals surface area contributed by atoms with E-state index >= 15 is 4.39 Å². The van der Waals surface area contributed by atoms with Gasteiger partial charge < -0.3 is 39.2 Å². The molecule has 3 N–H and O–H groups in total. The Kier molecular flexibility index (Phi) is 9.65. The lowest BCUT2D eigenvalue weighted by atomic mass is 10.0. The minimum atomic E-state index is -1.38. The molecular formula is C31H42FN5O7Si. The van der Waals surface area contributed by atoms with E-state index in [0.29, 0.717) is 52.9 Å². The number of piperidine rings is 1. The number of fused-ring (bicyclic) bond motifs is 1. The van der Waals surface area contributed by atoms with Crippen LogP contribution in [0.5, 0.6) is 11.5 Å². The summed E-state index contributed by atoms with van der Waals surface area (Å²) in [6, 6.07) is 3.13. The predicted molar refractivity (Wildman–Crippen MR) is 168 cm³/mol. The second-order valence-corrected chi connectivity index (χ2v) is 18.7. The molecule has 1 aromatic carbocycles. The summed E-state index contributed by atoms with van der Waals surface area (Å²) >= 11 is 0. The van der Waals surface area contributed by atoms with Crippen LogP contribution in [-0.2, 0) is 11.5 Å². The maximum Gasteiger partial charge on any atom is 0.407 e. The first-order chi connectivity index (χ1) is 21.4. The molecule has 0 bridgehead atoms. The summed E-state index contributed by atoms with van der Waals surface area (Å²) in [6.45, 7) is 9.76. The van der Waals surface area contributed by atoms with Crippen molar-refractivity contribution in [3.05, 3.63) is 35.5 Å². The van der Waals surface area contributed by atoms with E-state index in [4.69, 9.17) is 14.2 Å². The lowest BCUT2D eigenvalue weighted by Gasteiger charge is -2.34. The van der Waals surface area contributed by atoms with E-state index in [-0.39, 0.29) is 37.6 Å². The maximum atomic E-state index is 15.2. The Balaban J connectivity index is 1.56. The number of carbonyl (C=O) groups excluding carboxylic acids is 1. The van der Waals surface area contributed by atoms with Gasteiger partial charge in [0.2, 0.25) is 0 Å². The molecule has 1 aliphatic heterocycles. The van der Waals surface area contributed by atoms with Crippen molar-refractivity contribution in [3.63, 3.8) is 0 Å². The summed E-state index contributed by atoms with van der Waals surface area (Å²) in [7, 11) is 0.0182. The third kappa shape index (κ3) is 7.39. The fraction of sp³-hybridized carbons (Fsp3) is 0.548. The number of hydrogen-bond acceptors (Lipinski definition) is 8. The Morgan fingerprint density at radius 3 is 2.56 bits per heavy atom. The number of aromatic nitrogens is 3. The van der Waals surface area contributed by atoms with Crippen molar-refractivity contribution in [3.8, 4) is 22.8 Å². The van der Waals surface area contributed by atoms with E-state index in [1.165, 1.54) is 25.6 Å². The number of likely N-dealkylation sites (tertiary alicyclic amines) is 1. The number of hydrogen-bond donors (Lipinski definition) is 3. The molecule has 2 amide bonds. The van der Waals surface area contributed by atoms with Gasteiger partial charge in [0.25, 0.3) is 5.91 Å². The highest BCUT2D eigenvalue weighted by Gasteiger charge is 2.33. The molecule has 2 atom stereocenters. The third-order valence-corrected chi connectivity index (χ3v) is 10.1. The van der Waals surface area contributed by atoms with Crippen molar-refractivity contribution < 1.29 is 38.4 Å². The summed E-state index contributed by atoms with van der Waals surface area (Å²) in [6.07, 6.45) is 1.54. The second-order valence-electron chi connectivity index (χ2n) is 13.1. The summed E-state index contributed by atoms with van der Waals surface area (Å²) in [5.41, 5.74) is 2.42. The van der Waals surface area contributed by atoms with Crippen molar-refractivity contribution >= 4 is 31.1 Å². The molecule has 0 spiro atoms. The topological polar surface area (TPSA) is 148 Å². The minimum absolute atomic E-state index is 0.0451. The Morgan fingerprint density at radius 1 is 1.16 bits per heavy atom. The number of amides is 2. The van der Waals surface area contributed by atoms with Crippen molar-refractivity contribution in [2.75, 3.05) is 33.4 Å². The number of halogens is 1. The predicted octanol–water partition coefficient (Wildman–Crippen LogP) is 4.50. The highest BCUT2D eigenvalue weighted by atomic mass is 28.3. The van der Waals surface area contributed by atoms with Crippen LogP contribution in [0.2, 0.25) is 25.7 Å². The smallest absolute Gasteiger partial charge is 0.407 e. The van der Waals surface area contributed by atoms with Crippen LogP contribution in [0.4, 0.5) is 9.18 Å². The zero-order chi connectivity index (χ0) is 32.5. The van der Waals surface area contributed by atoms with Crippen molar-refractivity contribution in [1.29, 1.82) is 0 Å². The number of β-amino-alcohol motifs (C(OH)–C–C–N with tert-alkyl or cyclic N) is 1. The van der Waals surface area contributed by atoms with Gasteiger partial charge in [-0.1, -0.05) is 19.6 Å². The second kappa shape index (κ2) is 13.3. The van der Waals surface area contributed by atoms with Gasteiger partial charge in [0.15, 0.2) is 11.6 Å². The van der Waals surface area contributed by atoms with Crippen molar-refractivity contribution in [1.82, 2.24) is 24.8 Å². The first-order valence-electron chi connectivity index (χ1n) is 15.3. The number of carboxylic acid groups (broad SMARTS) is 1. The number of carbonyl (C=O) groups is 2. The van der Waals surface area contributed by atoms with Gasteiger partial charge >= 0.3 is 6.09 Å². The minimum Gasteiger partial charge on any atom is -0.494 e. The van der Waals surface area contributed by atoms with Crippen LogP contribution in [0.25, 0.3) is 22.3 Å². The molecular weight excluding hydrogens is 601 g/mol. The molecule has 2 aromatic heterocycles. The van der Waals surface area contributed by atoms with Gasteiger partial charge in [0.05, 0.1) is 43.5 Å². The van der Waals surface area contributed by atoms with Gasteiger partial charge in [-0.25, -0.2) is 19.2 Å². The molecule has 244 valence electrons. The Hall–Kier alpha value is -3.75. The van der Waals surface area contributed by atoms with Gasteiger partial charge in [-0.15, -0.1) is 0 Å².